The molecule has 1 rings (SSSR count). The normalized spacial score (nSPS) is 13.1. The lowest BCUT2D eigenvalue weighted by Crippen LogP contribution is -2.47. The molecule has 1 atom stereocenters. The zero-order valence-corrected chi connectivity index (χ0v) is 11.9. The Morgan fingerprint density at radius 3 is 2.42 bits per heavy atom. The van der Waals surface area contributed by atoms with E-state index in [1.165, 1.54) is 0 Å². The van der Waals surface area contributed by atoms with Crippen LogP contribution in [0.1, 0.15) is 26.3 Å². The van der Waals surface area contributed by atoms with Crippen LogP contribution in [0, 0.1) is 0 Å². The molecule has 0 bridgehead atoms. The first kappa shape index (κ1) is 15.7. The van der Waals surface area contributed by atoms with Crippen molar-refractivity contribution in [3.63, 3.8) is 0 Å². The summed E-state index contributed by atoms with van der Waals surface area (Å²) >= 11 is 0. The first-order valence-corrected chi connectivity index (χ1v) is 6.60. The molecule has 0 aliphatic carbocycles. The Bertz CT molecular complexity index is 385. The van der Waals surface area contributed by atoms with Crippen molar-refractivity contribution in [1.29, 1.82) is 0 Å². The average Bonchev–Trinajstić information content (AvgIpc) is 2.36. The molecule has 0 saturated carbocycles. The molecule has 4 nitrogen and oxygen atoms in total. The van der Waals surface area contributed by atoms with Crippen molar-refractivity contribution in [2.24, 2.45) is 0 Å². The van der Waals surface area contributed by atoms with Gasteiger partial charge in [-0.25, -0.2) is 0 Å². The Balaban J connectivity index is 2.42. The summed E-state index contributed by atoms with van der Waals surface area (Å²) in [5, 5.41) is 15.3. The maximum Gasteiger partial charge on any atom is 0.234 e. The summed E-state index contributed by atoms with van der Waals surface area (Å²) in [6.07, 6.45) is 0.637. The molecule has 0 aliphatic rings. The molecule has 1 aromatic rings. The van der Waals surface area contributed by atoms with E-state index in [1.807, 2.05) is 51.1 Å². The van der Waals surface area contributed by atoms with Crippen LogP contribution in [0.5, 0.6) is 0 Å². The highest BCUT2D eigenvalue weighted by Gasteiger charge is 2.15. The fourth-order valence-corrected chi connectivity index (χ4v) is 1.68. The Kier molecular flexibility index (Phi) is 5.99. The van der Waals surface area contributed by atoms with E-state index in [2.05, 4.69) is 10.6 Å². The standard InChI is InChI=1S/C15H24N2O2/c1-15(2,3)16-10-14(19)17-13(11-18)9-12-7-5-4-6-8-12/h4-8,13,16,18H,9-11H2,1-3H3,(H,17,19). The van der Waals surface area contributed by atoms with Gasteiger partial charge in [0.05, 0.1) is 19.2 Å². The molecule has 19 heavy (non-hydrogen) atoms. The zero-order valence-electron chi connectivity index (χ0n) is 11.9. The summed E-state index contributed by atoms with van der Waals surface area (Å²) < 4.78 is 0. The Labute approximate surface area is 115 Å². The number of aliphatic hydroxyl groups is 1. The number of carbonyl (C=O) groups is 1. The van der Waals surface area contributed by atoms with E-state index in [1.54, 1.807) is 0 Å². The summed E-state index contributed by atoms with van der Waals surface area (Å²) in [7, 11) is 0. The Hall–Kier alpha value is -1.39. The van der Waals surface area contributed by atoms with Crippen LogP contribution in [0.2, 0.25) is 0 Å². The van der Waals surface area contributed by atoms with Crippen molar-refractivity contribution in [2.45, 2.75) is 38.8 Å². The topological polar surface area (TPSA) is 61.4 Å². The molecule has 0 radical (unpaired) electrons. The second kappa shape index (κ2) is 7.26. The minimum absolute atomic E-state index is 0.0594. The quantitative estimate of drug-likeness (QED) is 0.721. The minimum atomic E-state index is -0.239. The molecule has 0 saturated heterocycles. The van der Waals surface area contributed by atoms with Crippen LogP contribution >= 0.6 is 0 Å². The highest BCUT2D eigenvalue weighted by Crippen LogP contribution is 2.03. The average molecular weight is 264 g/mol. The highest BCUT2D eigenvalue weighted by molar-refractivity contribution is 5.78. The summed E-state index contributed by atoms with van der Waals surface area (Å²) in [5.74, 6) is -0.0927. The van der Waals surface area contributed by atoms with Crippen molar-refractivity contribution in [3.05, 3.63) is 35.9 Å². The summed E-state index contributed by atoms with van der Waals surface area (Å²) in [6, 6.07) is 9.59. The Morgan fingerprint density at radius 1 is 1.26 bits per heavy atom. The fraction of sp³-hybridized carbons (Fsp3) is 0.533. The number of nitrogens with one attached hydrogen (secondary N) is 2. The van der Waals surface area contributed by atoms with Crippen LogP contribution in [0.3, 0.4) is 0 Å². The van der Waals surface area contributed by atoms with Gasteiger partial charge in [-0.2, -0.15) is 0 Å². The molecule has 1 unspecified atom stereocenters. The van der Waals surface area contributed by atoms with Crippen molar-refractivity contribution in [3.8, 4) is 0 Å². The van der Waals surface area contributed by atoms with Gasteiger partial charge in [-0.1, -0.05) is 30.3 Å². The lowest BCUT2D eigenvalue weighted by Gasteiger charge is -2.22. The fourth-order valence-electron chi connectivity index (χ4n) is 1.68. The molecule has 0 heterocycles. The van der Waals surface area contributed by atoms with Crippen LogP contribution in [0.15, 0.2) is 30.3 Å². The van der Waals surface area contributed by atoms with Crippen molar-refractivity contribution in [2.75, 3.05) is 13.2 Å². The minimum Gasteiger partial charge on any atom is -0.394 e. The van der Waals surface area contributed by atoms with Crippen molar-refractivity contribution < 1.29 is 9.90 Å². The van der Waals surface area contributed by atoms with Gasteiger partial charge in [0.1, 0.15) is 0 Å². The number of amides is 1. The zero-order chi connectivity index (χ0) is 14.3. The number of hydrogen-bond acceptors (Lipinski definition) is 3. The van der Waals surface area contributed by atoms with Crippen LogP contribution in [0.25, 0.3) is 0 Å². The monoisotopic (exact) mass is 264 g/mol. The maximum atomic E-state index is 11.8. The van der Waals surface area contributed by atoms with Gasteiger partial charge in [-0.05, 0) is 32.8 Å². The second-order valence-electron chi connectivity index (χ2n) is 5.74. The van der Waals surface area contributed by atoms with E-state index in [9.17, 15) is 9.90 Å². The van der Waals surface area contributed by atoms with Gasteiger partial charge < -0.3 is 15.7 Å². The van der Waals surface area contributed by atoms with Gasteiger partial charge in [0, 0.05) is 5.54 Å². The second-order valence-corrected chi connectivity index (χ2v) is 5.74. The third kappa shape index (κ3) is 6.94. The third-order valence-corrected chi connectivity index (χ3v) is 2.69. The largest absolute Gasteiger partial charge is 0.394 e. The molecule has 3 N–H and O–H groups in total. The SMILES string of the molecule is CC(C)(C)NCC(=O)NC(CO)Cc1ccccc1. The number of carbonyl (C=O) groups excluding carboxylic acids is 1. The molecule has 4 heteroatoms. The molecule has 1 amide bonds. The molecule has 1 aromatic carbocycles. The highest BCUT2D eigenvalue weighted by atomic mass is 16.3. The maximum absolute atomic E-state index is 11.8. The van der Waals surface area contributed by atoms with Gasteiger partial charge >= 0.3 is 0 Å². The number of rotatable bonds is 6. The van der Waals surface area contributed by atoms with E-state index >= 15 is 0 Å². The number of benzene rings is 1. The van der Waals surface area contributed by atoms with Crippen LogP contribution < -0.4 is 10.6 Å². The molecule has 0 aromatic heterocycles. The van der Waals surface area contributed by atoms with Crippen LogP contribution in [-0.2, 0) is 11.2 Å². The van der Waals surface area contributed by atoms with Crippen molar-refractivity contribution >= 4 is 5.91 Å². The first-order chi connectivity index (χ1) is 8.90. The van der Waals surface area contributed by atoms with Gasteiger partial charge in [0.15, 0.2) is 0 Å². The molecular weight excluding hydrogens is 240 g/mol. The van der Waals surface area contributed by atoms with E-state index < -0.39 is 0 Å². The van der Waals surface area contributed by atoms with E-state index in [4.69, 9.17) is 0 Å². The van der Waals surface area contributed by atoms with Gasteiger partial charge in [0.25, 0.3) is 0 Å². The van der Waals surface area contributed by atoms with Crippen LogP contribution in [0.4, 0.5) is 0 Å². The Morgan fingerprint density at radius 2 is 1.89 bits per heavy atom. The van der Waals surface area contributed by atoms with Gasteiger partial charge in [-0.15, -0.1) is 0 Å². The lowest BCUT2D eigenvalue weighted by molar-refractivity contribution is -0.121. The first-order valence-electron chi connectivity index (χ1n) is 6.60. The summed E-state index contributed by atoms with van der Waals surface area (Å²) in [5.41, 5.74) is 1.01. The molecule has 0 spiro atoms. The van der Waals surface area contributed by atoms with Crippen molar-refractivity contribution in [1.82, 2.24) is 10.6 Å². The predicted molar refractivity (Wildman–Crippen MR) is 76.9 cm³/mol. The lowest BCUT2D eigenvalue weighted by atomic mass is 10.1. The smallest absolute Gasteiger partial charge is 0.234 e. The number of hydrogen-bond donors (Lipinski definition) is 3. The molecule has 0 fully saturated rings. The van der Waals surface area contributed by atoms with E-state index in [0.29, 0.717) is 6.42 Å². The number of aliphatic hydroxyl groups excluding tert-OH is 1. The van der Waals surface area contributed by atoms with Gasteiger partial charge in [-0.3, -0.25) is 4.79 Å². The van der Waals surface area contributed by atoms with E-state index in [-0.39, 0.29) is 30.6 Å². The van der Waals surface area contributed by atoms with Crippen LogP contribution in [-0.4, -0.2) is 35.7 Å². The summed E-state index contributed by atoms with van der Waals surface area (Å²) in [4.78, 5) is 11.8. The molecule has 106 valence electrons. The predicted octanol–water partition coefficient (Wildman–Crippen LogP) is 1.09. The van der Waals surface area contributed by atoms with E-state index in [0.717, 1.165) is 5.56 Å². The van der Waals surface area contributed by atoms with Gasteiger partial charge in [0.2, 0.25) is 5.91 Å². The molecular formula is C15H24N2O2. The molecule has 0 aliphatic heterocycles. The summed E-state index contributed by atoms with van der Waals surface area (Å²) in [6.45, 7) is 6.22. The third-order valence-electron chi connectivity index (χ3n) is 2.69.